The fraction of sp³-hybridized carbons (Fsp3) is 0.647. The first-order valence-electron chi connectivity index (χ1n) is 8.36. The van der Waals surface area contributed by atoms with Crippen molar-refractivity contribution in [2.75, 3.05) is 32.8 Å². The summed E-state index contributed by atoms with van der Waals surface area (Å²) in [5.74, 6) is 0.956. The SMILES string of the molecule is O=C(NCC1CCOCC1)c1cccc(C2CCNCC2)n1. The van der Waals surface area contributed by atoms with Crippen LogP contribution in [0.1, 0.15) is 47.8 Å². The number of nitrogens with zero attached hydrogens (tertiary/aromatic N) is 1. The molecule has 0 aromatic carbocycles. The van der Waals surface area contributed by atoms with E-state index in [4.69, 9.17) is 4.74 Å². The van der Waals surface area contributed by atoms with E-state index in [1.807, 2.05) is 18.2 Å². The molecule has 0 unspecified atom stereocenters. The molecule has 1 aromatic heterocycles. The number of amides is 1. The lowest BCUT2D eigenvalue weighted by molar-refractivity contribution is 0.0642. The van der Waals surface area contributed by atoms with E-state index in [0.717, 1.165) is 64.2 Å². The second-order valence-electron chi connectivity index (χ2n) is 6.24. The number of hydrogen-bond acceptors (Lipinski definition) is 4. The van der Waals surface area contributed by atoms with Gasteiger partial charge in [-0.2, -0.15) is 0 Å². The lowest BCUT2D eigenvalue weighted by Crippen LogP contribution is -2.33. The molecule has 5 nitrogen and oxygen atoms in total. The van der Waals surface area contributed by atoms with Crippen molar-refractivity contribution in [3.8, 4) is 0 Å². The van der Waals surface area contributed by atoms with E-state index < -0.39 is 0 Å². The minimum atomic E-state index is -0.0534. The fourth-order valence-corrected chi connectivity index (χ4v) is 3.20. The van der Waals surface area contributed by atoms with Crippen LogP contribution in [-0.4, -0.2) is 43.7 Å². The van der Waals surface area contributed by atoms with Gasteiger partial charge in [-0.05, 0) is 56.8 Å². The Morgan fingerprint density at radius 2 is 2.00 bits per heavy atom. The average Bonchev–Trinajstić information content (AvgIpc) is 2.61. The Balaban J connectivity index is 1.57. The summed E-state index contributed by atoms with van der Waals surface area (Å²) in [6, 6.07) is 5.81. The normalized spacial score (nSPS) is 20.7. The summed E-state index contributed by atoms with van der Waals surface area (Å²) in [6.45, 7) is 4.41. The Kier molecular flexibility index (Phi) is 5.40. The number of nitrogens with one attached hydrogen (secondary N) is 2. The Labute approximate surface area is 131 Å². The van der Waals surface area contributed by atoms with Gasteiger partial charge in [0, 0.05) is 31.4 Å². The quantitative estimate of drug-likeness (QED) is 0.889. The molecule has 22 heavy (non-hydrogen) atoms. The molecule has 0 atom stereocenters. The number of carbonyl (C=O) groups excluding carboxylic acids is 1. The lowest BCUT2D eigenvalue weighted by atomic mass is 9.94. The fourth-order valence-electron chi connectivity index (χ4n) is 3.20. The van der Waals surface area contributed by atoms with Gasteiger partial charge in [0.05, 0.1) is 0 Å². The van der Waals surface area contributed by atoms with Crippen molar-refractivity contribution in [1.82, 2.24) is 15.6 Å². The third-order valence-electron chi connectivity index (χ3n) is 4.65. The zero-order valence-electron chi connectivity index (χ0n) is 13.0. The minimum absolute atomic E-state index is 0.0534. The van der Waals surface area contributed by atoms with E-state index >= 15 is 0 Å². The predicted octanol–water partition coefficient (Wildman–Crippen LogP) is 1.71. The summed E-state index contributed by atoms with van der Waals surface area (Å²) >= 11 is 0. The van der Waals surface area contributed by atoms with E-state index in [2.05, 4.69) is 15.6 Å². The summed E-state index contributed by atoms with van der Waals surface area (Å²) in [6.07, 6.45) is 4.26. The van der Waals surface area contributed by atoms with Crippen LogP contribution in [0.4, 0.5) is 0 Å². The molecule has 120 valence electrons. The molecule has 0 saturated carbocycles. The van der Waals surface area contributed by atoms with Crippen LogP contribution in [0.2, 0.25) is 0 Å². The summed E-state index contributed by atoms with van der Waals surface area (Å²) in [4.78, 5) is 16.9. The Hall–Kier alpha value is -1.46. The van der Waals surface area contributed by atoms with Gasteiger partial charge < -0.3 is 15.4 Å². The van der Waals surface area contributed by atoms with E-state index in [9.17, 15) is 4.79 Å². The van der Waals surface area contributed by atoms with Gasteiger partial charge in [0.2, 0.25) is 0 Å². The molecule has 2 N–H and O–H groups in total. The zero-order chi connectivity index (χ0) is 15.2. The highest BCUT2D eigenvalue weighted by Gasteiger charge is 2.19. The number of carbonyl (C=O) groups is 1. The number of hydrogen-bond donors (Lipinski definition) is 2. The Bertz CT molecular complexity index is 494. The average molecular weight is 303 g/mol. The van der Waals surface area contributed by atoms with Crippen molar-refractivity contribution in [3.05, 3.63) is 29.6 Å². The van der Waals surface area contributed by atoms with E-state index in [1.54, 1.807) is 0 Å². The molecule has 0 aliphatic carbocycles. The van der Waals surface area contributed by atoms with Crippen molar-refractivity contribution in [2.24, 2.45) is 5.92 Å². The molecule has 0 radical (unpaired) electrons. The van der Waals surface area contributed by atoms with Gasteiger partial charge >= 0.3 is 0 Å². The van der Waals surface area contributed by atoms with Crippen molar-refractivity contribution < 1.29 is 9.53 Å². The smallest absolute Gasteiger partial charge is 0.269 e. The number of piperidine rings is 1. The van der Waals surface area contributed by atoms with E-state index in [-0.39, 0.29) is 5.91 Å². The maximum atomic E-state index is 12.3. The van der Waals surface area contributed by atoms with Gasteiger partial charge in [-0.3, -0.25) is 4.79 Å². The van der Waals surface area contributed by atoms with Crippen molar-refractivity contribution in [2.45, 2.75) is 31.6 Å². The van der Waals surface area contributed by atoms with Crippen LogP contribution < -0.4 is 10.6 Å². The number of pyridine rings is 1. The van der Waals surface area contributed by atoms with Gasteiger partial charge in [0.25, 0.3) is 5.91 Å². The Morgan fingerprint density at radius 1 is 1.23 bits per heavy atom. The molecule has 2 fully saturated rings. The summed E-state index contributed by atoms with van der Waals surface area (Å²) in [5.41, 5.74) is 1.60. The highest BCUT2D eigenvalue weighted by Crippen LogP contribution is 2.23. The van der Waals surface area contributed by atoms with Crippen LogP contribution in [-0.2, 0) is 4.74 Å². The van der Waals surface area contributed by atoms with Crippen LogP contribution >= 0.6 is 0 Å². The molecule has 2 aliphatic heterocycles. The first kappa shape index (κ1) is 15.4. The van der Waals surface area contributed by atoms with E-state index in [1.165, 1.54) is 0 Å². The van der Waals surface area contributed by atoms with Crippen LogP contribution in [0.3, 0.4) is 0 Å². The van der Waals surface area contributed by atoms with Crippen molar-refractivity contribution >= 4 is 5.91 Å². The van der Waals surface area contributed by atoms with Gasteiger partial charge in [-0.25, -0.2) is 4.98 Å². The summed E-state index contributed by atoms with van der Waals surface area (Å²) in [5, 5.41) is 6.39. The zero-order valence-corrected chi connectivity index (χ0v) is 13.0. The maximum Gasteiger partial charge on any atom is 0.269 e. The molecule has 3 rings (SSSR count). The van der Waals surface area contributed by atoms with Crippen molar-refractivity contribution in [1.29, 1.82) is 0 Å². The number of aromatic nitrogens is 1. The molecule has 2 saturated heterocycles. The first-order valence-corrected chi connectivity index (χ1v) is 8.36. The molecule has 1 amide bonds. The van der Waals surface area contributed by atoms with Crippen molar-refractivity contribution in [3.63, 3.8) is 0 Å². The van der Waals surface area contributed by atoms with Gasteiger partial charge in [0.15, 0.2) is 0 Å². The predicted molar refractivity (Wildman–Crippen MR) is 85.0 cm³/mol. The highest BCUT2D eigenvalue weighted by atomic mass is 16.5. The number of ether oxygens (including phenoxy) is 1. The van der Waals surface area contributed by atoms with Crippen LogP contribution in [0.5, 0.6) is 0 Å². The first-order chi connectivity index (χ1) is 10.8. The maximum absolute atomic E-state index is 12.3. The standard InChI is InChI=1S/C17H25N3O2/c21-17(19-12-13-6-10-22-11-7-13)16-3-1-2-15(20-16)14-4-8-18-9-5-14/h1-3,13-14,18H,4-12H2,(H,19,21). The molecule has 5 heteroatoms. The summed E-state index contributed by atoms with van der Waals surface area (Å²) in [7, 11) is 0. The molecule has 2 aliphatic rings. The van der Waals surface area contributed by atoms with E-state index in [0.29, 0.717) is 17.5 Å². The largest absolute Gasteiger partial charge is 0.381 e. The van der Waals surface area contributed by atoms with Crippen LogP contribution in [0.15, 0.2) is 18.2 Å². The molecule has 0 spiro atoms. The molecule has 1 aromatic rings. The lowest BCUT2D eigenvalue weighted by Gasteiger charge is -2.23. The number of rotatable bonds is 4. The molecule has 0 bridgehead atoms. The van der Waals surface area contributed by atoms with Gasteiger partial charge in [-0.15, -0.1) is 0 Å². The van der Waals surface area contributed by atoms with Gasteiger partial charge in [0.1, 0.15) is 5.69 Å². The van der Waals surface area contributed by atoms with Gasteiger partial charge in [-0.1, -0.05) is 6.07 Å². The monoisotopic (exact) mass is 303 g/mol. The third-order valence-corrected chi connectivity index (χ3v) is 4.65. The highest BCUT2D eigenvalue weighted by molar-refractivity contribution is 5.92. The molecular weight excluding hydrogens is 278 g/mol. The second-order valence-corrected chi connectivity index (χ2v) is 6.24. The second kappa shape index (κ2) is 7.70. The molecule has 3 heterocycles. The third kappa shape index (κ3) is 4.05. The molecular formula is C17H25N3O2. The summed E-state index contributed by atoms with van der Waals surface area (Å²) < 4.78 is 5.34. The van der Waals surface area contributed by atoms with Crippen LogP contribution in [0.25, 0.3) is 0 Å². The Morgan fingerprint density at radius 3 is 2.77 bits per heavy atom. The minimum Gasteiger partial charge on any atom is -0.381 e. The topological polar surface area (TPSA) is 63.2 Å². The van der Waals surface area contributed by atoms with Crippen LogP contribution in [0, 0.1) is 5.92 Å².